The van der Waals surface area contributed by atoms with Gasteiger partial charge in [0, 0.05) is 19.6 Å². The lowest BCUT2D eigenvalue weighted by Gasteiger charge is -2.06. The highest BCUT2D eigenvalue weighted by Crippen LogP contribution is 2.04. The van der Waals surface area contributed by atoms with Gasteiger partial charge in [0.05, 0.1) is 11.3 Å². The van der Waals surface area contributed by atoms with E-state index in [9.17, 15) is 13.2 Å². The van der Waals surface area contributed by atoms with Crippen LogP contribution in [-0.2, 0) is 16.6 Å². The van der Waals surface area contributed by atoms with Crippen LogP contribution >= 0.6 is 0 Å². The molecular formula is C12H18N2O4S. The van der Waals surface area contributed by atoms with E-state index in [1.807, 2.05) is 0 Å². The normalized spacial score (nSPS) is 11.4. The van der Waals surface area contributed by atoms with Gasteiger partial charge in [0.25, 0.3) is 0 Å². The number of nitrogens with one attached hydrogen (secondary N) is 2. The van der Waals surface area contributed by atoms with Gasteiger partial charge in [0.2, 0.25) is 10.0 Å². The highest BCUT2D eigenvalue weighted by Gasteiger charge is 2.07. The predicted molar refractivity (Wildman–Crippen MR) is 72.6 cm³/mol. The lowest BCUT2D eigenvalue weighted by molar-refractivity contribution is 0.0697. The summed E-state index contributed by atoms with van der Waals surface area (Å²) in [6, 6.07) is 6.45. The molecule has 1 rings (SSSR count). The van der Waals surface area contributed by atoms with Gasteiger partial charge in [0.15, 0.2) is 0 Å². The number of rotatable bonds is 8. The zero-order valence-corrected chi connectivity index (χ0v) is 11.5. The fraction of sp³-hybridized carbons (Fsp3) is 0.417. The van der Waals surface area contributed by atoms with Crippen LogP contribution in [0, 0.1) is 0 Å². The van der Waals surface area contributed by atoms with Crippen LogP contribution in [0.2, 0.25) is 0 Å². The van der Waals surface area contributed by atoms with Crippen LogP contribution in [0.15, 0.2) is 24.3 Å². The van der Waals surface area contributed by atoms with Gasteiger partial charge >= 0.3 is 5.97 Å². The van der Waals surface area contributed by atoms with Gasteiger partial charge in [-0.3, -0.25) is 0 Å². The summed E-state index contributed by atoms with van der Waals surface area (Å²) in [6.45, 7) is 2.96. The monoisotopic (exact) mass is 286 g/mol. The number of carboxylic acids is 1. The van der Waals surface area contributed by atoms with E-state index in [1.54, 1.807) is 19.1 Å². The summed E-state index contributed by atoms with van der Waals surface area (Å²) < 4.78 is 25.1. The van der Waals surface area contributed by atoms with Crippen molar-refractivity contribution >= 4 is 16.0 Å². The first-order valence-corrected chi connectivity index (χ1v) is 7.60. The van der Waals surface area contributed by atoms with E-state index in [1.165, 1.54) is 12.1 Å². The second kappa shape index (κ2) is 7.22. The summed E-state index contributed by atoms with van der Waals surface area (Å²) >= 11 is 0. The summed E-state index contributed by atoms with van der Waals surface area (Å²) in [5, 5.41) is 11.7. The maximum atomic E-state index is 11.3. The number of sulfonamides is 1. The molecule has 0 aromatic heterocycles. The van der Waals surface area contributed by atoms with Gasteiger partial charge in [0.1, 0.15) is 0 Å². The molecule has 0 atom stereocenters. The van der Waals surface area contributed by atoms with Crippen molar-refractivity contribution in [3.05, 3.63) is 35.4 Å². The molecule has 0 bridgehead atoms. The van der Waals surface area contributed by atoms with Crippen molar-refractivity contribution in [1.29, 1.82) is 0 Å². The van der Waals surface area contributed by atoms with Crippen molar-refractivity contribution in [1.82, 2.24) is 10.0 Å². The molecule has 0 aliphatic heterocycles. The maximum Gasteiger partial charge on any atom is 0.335 e. The molecule has 1 aromatic carbocycles. The molecule has 0 amide bonds. The molecule has 19 heavy (non-hydrogen) atoms. The number of carbonyl (C=O) groups is 1. The second-order valence-electron chi connectivity index (χ2n) is 4.00. The fourth-order valence-corrected chi connectivity index (χ4v) is 2.49. The maximum absolute atomic E-state index is 11.3. The number of hydrogen-bond donors (Lipinski definition) is 3. The molecule has 6 nitrogen and oxygen atoms in total. The Hall–Kier alpha value is -1.44. The van der Waals surface area contributed by atoms with E-state index >= 15 is 0 Å². The summed E-state index contributed by atoms with van der Waals surface area (Å²) in [6.07, 6.45) is 0. The van der Waals surface area contributed by atoms with E-state index in [0.717, 1.165) is 5.56 Å². The van der Waals surface area contributed by atoms with Crippen LogP contribution in [0.1, 0.15) is 22.8 Å². The van der Waals surface area contributed by atoms with Crippen molar-refractivity contribution < 1.29 is 18.3 Å². The molecule has 7 heteroatoms. The standard InChI is InChI=1S/C12H18N2O4S/c1-2-14-19(17,18)8-7-13-9-10-3-5-11(6-4-10)12(15)16/h3-6,13-14H,2,7-9H2,1H3,(H,15,16). The first kappa shape index (κ1) is 15.6. The quantitative estimate of drug-likeness (QED) is 0.602. The minimum atomic E-state index is -3.19. The van der Waals surface area contributed by atoms with Gasteiger partial charge in [-0.15, -0.1) is 0 Å². The molecule has 0 spiro atoms. The summed E-state index contributed by atoms with van der Waals surface area (Å²) in [5.41, 5.74) is 1.14. The van der Waals surface area contributed by atoms with Crippen molar-refractivity contribution in [3.8, 4) is 0 Å². The molecule has 0 saturated heterocycles. The third kappa shape index (κ3) is 5.82. The average molecular weight is 286 g/mol. The fourth-order valence-electron chi connectivity index (χ4n) is 1.50. The first-order chi connectivity index (χ1) is 8.94. The average Bonchev–Trinajstić information content (AvgIpc) is 2.35. The Labute approximate surface area is 112 Å². The zero-order chi connectivity index (χ0) is 14.3. The molecule has 0 fully saturated rings. The first-order valence-electron chi connectivity index (χ1n) is 5.95. The number of aromatic carboxylic acids is 1. The SMILES string of the molecule is CCNS(=O)(=O)CCNCc1ccc(C(=O)O)cc1. The van der Waals surface area contributed by atoms with Crippen LogP contribution in [0.4, 0.5) is 0 Å². The van der Waals surface area contributed by atoms with Crippen LogP contribution < -0.4 is 10.0 Å². The van der Waals surface area contributed by atoms with Gasteiger partial charge in [-0.05, 0) is 17.7 Å². The summed E-state index contributed by atoms with van der Waals surface area (Å²) in [5.74, 6) is -0.940. The van der Waals surface area contributed by atoms with Crippen molar-refractivity contribution in [2.24, 2.45) is 0 Å². The van der Waals surface area contributed by atoms with Crippen LogP contribution in [0.3, 0.4) is 0 Å². The van der Waals surface area contributed by atoms with Gasteiger partial charge in [-0.25, -0.2) is 17.9 Å². The summed E-state index contributed by atoms with van der Waals surface area (Å²) in [7, 11) is -3.19. The van der Waals surface area contributed by atoms with Gasteiger partial charge in [-0.1, -0.05) is 19.1 Å². The van der Waals surface area contributed by atoms with E-state index < -0.39 is 16.0 Å². The Morgan fingerprint density at radius 3 is 2.42 bits per heavy atom. The minimum absolute atomic E-state index is 0.0219. The largest absolute Gasteiger partial charge is 0.478 e. The smallest absolute Gasteiger partial charge is 0.335 e. The van der Waals surface area contributed by atoms with Crippen LogP contribution in [-0.4, -0.2) is 38.3 Å². The Bertz CT molecular complexity index is 511. The molecule has 106 valence electrons. The summed E-state index contributed by atoms with van der Waals surface area (Å²) in [4.78, 5) is 10.7. The minimum Gasteiger partial charge on any atom is -0.478 e. The molecule has 1 aromatic rings. The van der Waals surface area contributed by atoms with Gasteiger partial charge < -0.3 is 10.4 Å². The van der Waals surface area contributed by atoms with Crippen molar-refractivity contribution in [2.45, 2.75) is 13.5 Å². The number of hydrogen-bond acceptors (Lipinski definition) is 4. The van der Waals surface area contributed by atoms with E-state index in [0.29, 0.717) is 19.6 Å². The molecule has 0 unspecified atom stereocenters. The topological polar surface area (TPSA) is 95.5 Å². The second-order valence-corrected chi connectivity index (χ2v) is 5.92. The van der Waals surface area contributed by atoms with Crippen LogP contribution in [0.5, 0.6) is 0 Å². The Kier molecular flexibility index (Phi) is 5.94. The highest BCUT2D eigenvalue weighted by molar-refractivity contribution is 7.89. The lowest BCUT2D eigenvalue weighted by Crippen LogP contribution is -2.31. The van der Waals surface area contributed by atoms with Crippen molar-refractivity contribution in [2.75, 3.05) is 18.8 Å². The lowest BCUT2D eigenvalue weighted by atomic mass is 10.1. The number of benzene rings is 1. The molecule has 0 aliphatic carbocycles. The molecule has 0 aliphatic rings. The molecule has 0 saturated carbocycles. The third-order valence-electron chi connectivity index (χ3n) is 2.44. The van der Waals surface area contributed by atoms with E-state index in [-0.39, 0.29) is 11.3 Å². The molecular weight excluding hydrogens is 268 g/mol. The molecule has 3 N–H and O–H groups in total. The predicted octanol–water partition coefficient (Wildman–Crippen LogP) is 0.414. The van der Waals surface area contributed by atoms with Crippen molar-refractivity contribution in [3.63, 3.8) is 0 Å². The Morgan fingerprint density at radius 1 is 1.26 bits per heavy atom. The zero-order valence-electron chi connectivity index (χ0n) is 10.7. The van der Waals surface area contributed by atoms with E-state index in [2.05, 4.69) is 10.0 Å². The van der Waals surface area contributed by atoms with Gasteiger partial charge in [-0.2, -0.15) is 0 Å². The van der Waals surface area contributed by atoms with E-state index in [4.69, 9.17) is 5.11 Å². The Morgan fingerprint density at radius 2 is 1.89 bits per heavy atom. The molecule has 0 heterocycles. The Balaban J connectivity index is 2.35. The third-order valence-corrected chi connectivity index (χ3v) is 3.91. The highest BCUT2D eigenvalue weighted by atomic mass is 32.2. The molecule has 0 radical (unpaired) electrons. The number of carboxylic acid groups (broad SMARTS) is 1. The van der Waals surface area contributed by atoms with Crippen LogP contribution in [0.25, 0.3) is 0 Å².